The number of nitrogens with one attached hydrogen (secondary N) is 1. The highest BCUT2D eigenvalue weighted by Crippen LogP contribution is 2.40. The average molecular weight is 603 g/mol. The van der Waals surface area contributed by atoms with E-state index in [1.165, 1.54) is 18.2 Å². The minimum Gasteiger partial charge on any atom is -0.465 e. The number of esters is 1. The van der Waals surface area contributed by atoms with Crippen LogP contribution in [0.5, 0.6) is 0 Å². The molecule has 1 aliphatic heterocycles. The number of anilines is 2. The van der Waals surface area contributed by atoms with Gasteiger partial charge in [-0.25, -0.2) is 4.79 Å². The summed E-state index contributed by atoms with van der Waals surface area (Å²) in [4.78, 5) is 21.3. The number of likely N-dealkylation sites (tertiary alicyclic amines) is 1. The van der Waals surface area contributed by atoms with Crippen LogP contribution in [-0.2, 0) is 15.6 Å². The van der Waals surface area contributed by atoms with E-state index in [-0.39, 0.29) is 11.1 Å². The molecule has 0 atom stereocenters. The molecule has 7 nitrogen and oxygen atoms in total. The van der Waals surface area contributed by atoms with Crippen molar-refractivity contribution >= 4 is 36.7 Å². The number of aryl methyl sites for hydroxylation is 1. The first-order valence-electron chi connectivity index (χ1n) is 15.7. The Labute approximate surface area is 259 Å². The third kappa shape index (κ3) is 7.00. The lowest BCUT2D eigenvalue weighted by atomic mass is 9.85. The molecule has 0 spiro atoms. The minimum absolute atomic E-state index is 0.0648. The molecule has 1 aromatic heterocycles. The zero-order valence-corrected chi connectivity index (χ0v) is 28.6. The van der Waals surface area contributed by atoms with E-state index in [1.54, 1.807) is 12.1 Å². The molecular weight excluding hydrogens is 552 g/mol. The van der Waals surface area contributed by atoms with E-state index in [1.807, 2.05) is 6.07 Å². The number of nitriles is 1. The molecule has 1 N–H and O–H groups in total. The monoisotopic (exact) mass is 602 g/mol. The van der Waals surface area contributed by atoms with Gasteiger partial charge in [-0.2, -0.15) is 5.26 Å². The van der Waals surface area contributed by atoms with Crippen molar-refractivity contribution in [2.75, 3.05) is 38.3 Å². The smallest absolute Gasteiger partial charge is 0.342 e. The van der Waals surface area contributed by atoms with Crippen LogP contribution in [0.4, 0.5) is 11.5 Å². The first-order chi connectivity index (χ1) is 20.3. The van der Waals surface area contributed by atoms with Crippen LogP contribution in [0.3, 0.4) is 0 Å². The van der Waals surface area contributed by atoms with Crippen LogP contribution in [0, 0.1) is 11.3 Å². The number of carbonyl (C=O) groups is 1. The number of hydrogen-bond acceptors (Lipinski definition) is 6. The van der Waals surface area contributed by atoms with Crippen molar-refractivity contribution in [1.82, 2.24) is 9.88 Å². The van der Waals surface area contributed by atoms with E-state index in [0.29, 0.717) is 22.9 Å². The second-order valence-electron chi connectivity index (χ2n) is 13.6. The van der Waals surface area contributed by atoms with Crippen molar-refractivity contribution in [3.8, 4) is 6.07 Å². The zero-order chi connectivity index (χ0) is 31.5. The van der Waals surface area contributed by atoms with Gasteiger partial charge in [-0.05, 0) is 106 Å². The molecule has 0 saturated carbocycles. The van der Waals surface area contributed by atoms with Gasteiger partial charge >= 0.3 is 5.97 Å². The molecule has 43 heavy (non-hydrogen) atoms. The normalized spacial score (nSPS) is 15.2. The summed E-state index contributed by atoms with van der Waals surface area (Å²) in [6.07, 6.45) is 3.22. The van der Waals surface area contributed by atoms with Crippen LogP contribution in [0.25, 0.3) is 10.9 Å². The molecule has 0 bridgehead atoms. The van der Waals surface area contributed by atoms with E-state index >= 15 is 0 Å². The molecule has 0 radical (unpaired) electrons. The van der Waals surface area contributed by atoms with Crippen molar-refractivity contribution in [2.45, 2.75) is 90.9 Å². The van der Waals surface area contributed by atoms with Gasteiger partial charge < -0.3 is 23.9 Å². The van der Waals surface area contributed by atoms with Crippen LogP contribution in [0.15, 0.2) is 36.4 Å². The van der Waals surface area contributed by atoms with Gasteiger partial charge in [0, 0.05) is 35.8 Å². The number of ether oxygens (including phenoxy) is 1. The first-order valence-corrected chi connectivity index (χ1v) is 18.6. The Morgan fingerprint density at radius 2 is 1.86 bits per heavy atom. The lowest BCUT2D eigenvalue weighted by Crippen LogP contribution is -2.43. The molecule has 2 heterocycles. The molecule has 0 amide bonds. The third-order valence-corrected chi connectivity index (χ3v) is 14.1. The summed E-state index contributed by atoms with van der Waals surface area (Å²) in [6.45, 7) is 22.0. The van der Waals surface area contributed by atoms with Gasteiger partial charge in [0.25, 0.3) is 0 Å². The van der Waals surface area contributed by atoms with E-state index in [0.717, 1.165) is 62.1 Å². The van der Waals surface area contributed by atoms with Crippen LogP contribution in [0.1, 0.15) is 87.4 Å². The Kier molecular flexibility index (Phi) is 10.1. The number of nitrogens with zero attached hydrogens (tertiary/aromatic N) is 3. The van der Waals surface area contributed by atoms with Crippen molar-refractivity contribution in [1.29, 1.82) is 5.26 Å². The van der Waals surface area contributed by atoms with Crippen molar-refractivity contribution in [3.63, 3.8) is 0 Å². The molecule has 2 aromatic carbocycles. The molecule has 1 saturated heterocycles. The van der Waals surface area contributed by atoms with Gasteiger partial charge in [-0.15, -0.1) is 0 Å². The number of carbonyl (C=O) groups excluding carboxylic acids is 1. The average Bonchev–Trinajstić information content (AvgIpc) is 3.34. The Morgan fingerprint density at radius 3 is 2.44 bits per heavy atom. The quantitative estimate of drug-likeness (QED) is 0.186. The van der Waals surface area contributed by atoms with Crippen LogP contribution in [0.2, 0.25) is 18.1 Å². The number of H-pyrrole nitrogens is 1. The lowest BCUT2D eigenvalue weighted by molar-refractivity contribution is 0.0604. The summed E-state index contributed by atoms with van der Waals surface area (Å²) in [6, 6.07) is 14.4. The molecule has 1 fully saturated rings. The summed E-state index contributed by atoms with van der Waals surface area (Å²) >= 11 is 0. The van der Waals surface area contributed by atoms with Crippen molar-refractivity contribution < 1.29 is 14.0 Å². The number of aromatic nitrogens is 1. The maximum absolute atomic E-state index is 13.1. The molecule has 1 aliphatic rings. The second kappa shape index (κ2) is 13.3. The van der Waals surface area contributed by atoms with E-state index < -0.39 is 14.3 Å². The predicted molar refractivity (Wildman–Crippen MR) is 179 cm³/mol. The van der Waals surface area contributed by atoms with Crippen LogP contribution >= 0.6 is 0 Å². The lowest BCUT2D eigenvalue weighted by Gasteiger charge is -2.38. The van der Waals surface area contributed by atoms with Gasteiger partial charge in [-0.3, -0.25) is 0 Å². The Bertz CT molecular complexity index is 1470. The predicted octanol–water partition coefficient (Wildman–Crippen LogP) is 8.14. The van der Waals surface area contributed by atoms with Crippen molar-refractivity contribution in [3.05, 3.63) is 58.7 Å². The number of hydrogen-bond donors (Lipinski definition) is 1. The fourth-order valence-corrected chi connectivity index (χ4v) is 7.01. The second-order valence-corrected chi connectivity index (χ2v) is 18.4. The summed E-state index contributed by atoms with van der Waals surface area (Å²) in [5, 5.41) is 10.4. The zero-order valence-electron chi connectivity index (χ0n) is 27.6. The highest BCUT2D eigenvalue weighted by molar-refractivity contribution is 6.74. The first kappa shape index (κ1) is 32.8. The molecule has 8 heteroatoms. The SMILES string of the molecule is CCc1ccc(N(c2[nH]c3cc(C#N)ccc3c2C(=O)OC)C(C)C)cc1C1CCN(CCO[Si](C)(C)C(C)(C)C)CC1. The van der Waals surface area contributed by atoms with E-state index in [4.69, 9.17) is 9.16 Å². The fraction of sp³-hybridized carbons (Fsp3) is 0.543. The molecule has 0 aliphatic carbocycles. The minimum atomic E-state index is -1.73. The van der Waals surface area contributed by atoms with E-state index in [9.17, 15) is 10.1 Å². The van der Waals surface area contributed by atoms with Gasteiger partial charge in [0.15, 0.2) is 8.32 Å². The number of aromatic amines is 1. The Hall–Kier alpha value is -3.12. The van der Waals surface area contributed by atoms with Gasteiger partial charge in [0.1, 0.15) is 11.4 Å². The highest BCUT2D eigenvalue weighted by Gasteiger charge is 2.37. The molecule has 232 valence electrons. The summed E-state index contributed by atoms with van der Waals surface area (Å²) in [5.41, 5.74) is 5.62. The highest BCUT2D eigenvalue weighted by atomic mass is 28.4. The molecule has 3 aromatic rings. The maximum Gasteiger partial charge on any atom is 0.342 e. The Morgan fingerprint density at radius 1 is 1.16 bits per heavy atom. The van der Waals surface area contributed by atoms with Crippen LogP contribution in [-0.4, -0.2) is 63.6 Å². The largest absolute Gasteiger partial charge is 0.465 e. The number of piperidine rings is 1. The number of rotatable bonds is 10. The van der Waals surface area contributed by atoms with E-state index in [2.05, 4.69) is 93.7 Å². The molecule has 0 unspecified atom stereocenters. The van der Waals surface area contributed by atoms with Gasteiger partial charge in [0.2, 0.25) is 0 Å². The standard InChI is InChI=1S/C35H50N4O3Si/c1-10-26-12-13-28(22-30(26)27-15-17-38(18-16-27)19-20-42-43(8,9)35(4,5)6)39(24(2)3)33-32(34(40)41-7)29-14-11-25(23-36)21-31(29)37-33/h11-14,21-22,24,27,37H,10,15-20H2,1-9H3. The number of methoxy groups -OCH3 is 1. The number of benzene rings is 2. The van der Waals surface area contributed by atoms with Gasteiger partial charge in [-0.1, -0.05) is 39.8 Å². The summed E-state index contributed by atoms with van der Waals surface area (Å²) < 4.78 is 11.7. The fourth-order valence-electron chi connectivity index (χ4n) is 5.98. The Balaban J connectivity index is 1.60. The molecular formula is C35H50N4O3Si. The molecule has 4 rings (SSSR count). The van der Waals surface area contributed by atoms with Crippen molar-refractivity contribution in [2.24, 2.45) is 0 Å². The summed E-state index contributed by atoms with van der Waals surface area (Å²) in [5.74, 6) is 0.785. The maximum atomic E-state index is 13.1. The topological polar surface area (TPSA) is 81.6 Å². The third-order valence-electron chi connectivity index (χ3n) is 9.55. The summed E-state index contributed by atoms with van der Waals surface area (Å²) in [7, 11) is -0.318. The number of fused-ring (bicyclic) bond motifs is 1. The van der Waals surface area contributed by atoms with Gasteiger partial charge in [0.05, 0.1) is 18.7 Å². The van der Waals surface area contributed by atoms with Crippen LogP contribution < -0.4 is 4.90 Å².